The summed E-state index contributed by atoms with van der Waals surface area (Å²) in [4.78, 5) is 11.4. The first-order valence-electron chi connectivity index (χ1n) is 7.34. The van der Waals surface area contributed by atoms with Gasteiger partial charge in [0.05, 0.1) is 0 Å². The quantitative estimate of drug-likeness (QED) is 0.499. The molecule has 1 heterocycles. The highest BCUT2D eigenvalue weighted by atomic mass is 19.2. The fourth-order valence-electron chi connectivity index (χ4n) is 3.05. The van der Waals surface area contributed by atoms with E-state index >= 15 is 0 Å². The number of aldehydes is 1. The third-order valence-corrected chi connectivity index (χ3v) is 4.28. The van der Waals surface area contributed by atoms with Crippen LogP contribution in [-0.4, -0.2) is 10.9 Å². The second-order valence-corrected chi connectivity index (χ2v) is 5.76. The molecule has 0 aliphatic heterocycles. The van der Waals surface area contributed by atoms with Crippen molar-refractivity contribution < 1.29 is 18.0 Å². The van der Waals surface area contributed by atoms with Crippen LogP contribution in [0, 0.1) is 17.5 Å². The molecule has 116 valence electrons. The number of aromatic nitrogens is 1. The van der Waals surface area contributed by atoms with Gasteiger partial charge in [-0.3, -0.25) is 4.79 Å². The van der Waals surface area contributed by atoms with Gasteiger partial charge in [-0.1, -0.05) is 12.1 Å². The van der Waals surface area contributed by atoms with Crippen molar-refractivity contribution in [2.45, 2.75) is 18.9 Å². The minimum absolute atomic E-state index is 0.0499. The zero-order chi connectivity index (χ0) is 16.1. The number of benzene rings is 2. The molecule has 0 saturated heterocycles. The van der Waals surface area contributed by atoms with E-state index in [1.165, 1.54) is 6.07 Å². The van der Waals surface area contributed by atoms with E-state index in [2.05, 4.69) is 0 Å². The van der Waals surface area contributed by atoms with Crippen molar-refractivity contribution in [2.75, 3.05) is 0 Å². The molecule has 23 heavy (non-hydrogen) atoms. The van der Waals surface area contributed by atoms with E-state index in [0.717, 1.165) is 24.4 Å². The normalized spacial score (nSPS) is 14.4. The van der Waals surface area contributed by atoms with E-state index in [0.29, 0.717) is 28.8 Å². The highest BCUT2D eigenvalue weighted by Crippen LogP contribution is 2.41. The summed E-state index contributed by atoms with van der Waals surface area (Å²) >= 11 is 0. The molecule has 0 unspecified atom stereocenters. The third-order valence-electron chi connectivity index (χ3n) is 4.28. The molecule has 0 amide bonds. The Hall–Kier alpha value is -2.56. The molecule has 4 rings (SSSR count). The smallest absolute Gasteiger partial charge is 0.195 e. The number of carbonyl (C=O) groups excluding carboxylic acids is 1. The van der Waals surface area contributed by atoms with Gasteiger partial charge in [0.1, 0.15) is 0 Å². The molecule has 1 aliphatic carbocycles. The largest absolute Gasteiger partial charge is 0.344 e. The Morgan fingerprint density at radius 2 is 1.78 bits per heavy atom. The number of hydrogen-bond acceptors (Lipinski definition) is 1. The van der Waals surface area contributed by atoms with Crippen molar-refractivity contribution in [2.24, 2.45) is 0 Å². The Morgan fingerprint density at radius 1 is 1.00 bits per heavy atom. The van der Waals surface area contributed by atoms with Crippen LogP contribution in [-0.2, 0) is 0 Å². The van der Waals surface area contributed by atoms with Gasteiger partial charge in [0.25, 0.3) is 0 Å². The first-order valence-corrected chi connectivity index (χ1v) is 7.34. The van der Waals surface area contributed by atoms with E-state index in [1.807, 2.05) is 10.6 Å². The van der Waals surface area contributed by atoms with Gasteiger partial charge in [-0.05, 0) is 36.6 Å². The average Bonchev–Trinajstić information content (AvgIpc) is 3.33. The maximum atomic E-state index is 14.2. The minimum Gasteiger partial charge on any atom is -0.344 e. The summed E-state index contributed by atoms with van der Waals surface area (Å²) in [6.07, 6.45) is 4.52. The van der Waals surface area contributed by atoms with Crippen LogP contribution >= 0.6 is 0 Å². The Morgan fingerprint density at radius 3 is 2.48 bits per heavy atom. The van der Waals surface area contributed by atoms with Gasteiger partial charge in [-0.15, -0.1) is 0 Å². The summed E-state index contributed by atoms with van der Waals surface area (Å²) in [5, 5.41) is 0.569. The molecule has 1 saturated carbocycles. The number of carbonyl (C=O) groups is 1. The number of halogens is 3. The van der Waals surface area contributed by atoms with Crippen molar-refractivity contribution in [1.82, 2.24) is 4.57 Å². The zero-order valence-corrected chi connectivity index (χ0v) is 12.0. The van der Waals surface area contributed by atoms with Gasteiger partial charge in [0, 0.05) is 34.3 Å². The summed E-state index contributed by atoms with van der Waals surface area (Å²) < 4.78 is 42.9. The molecule has 0 spiro atoms. The van der Waals surface area contributed by atoms with E-state index in [9.17, 15) is 18.0 Å². The maximum Gasteiger partial charge on any atom is 0.195 e. The summed E-state index contributed by atoms with van der Waals surface area (Å²) in [7, 11) is 0. The SMILES string of the molecule is O=Cc1cn(C2CC2)c2cccc(-c3ccc(F)c(F)c3F)c12. The molecule has 1 aromatic heterocycles. The van der Waals surface area contributed by atoms with Crippen molar-refractivity contribution in [3.63, 3.8) is 0 Å². The summed E-state index contributed by atoms with van der Waals surface area (Å²) in [6, 6.07) is 7.63. The molecular formula is C18H12F3NO. The monoisotopic (exact) mass is 315 g/mol. The molecule has 3 aromatic rings. The van der Waals surface area contributed by atoms with Crippen molar-refractivity contribution >= 4 is 17.2 Å². The van der Waals surface area contributed by atoms with E-state index in [1.54, 1.807) is 18.3 Å². The lowest BCUT2D eigenvalue weighted by atomic mass is 9.98. The van der Waals surface area contributed by atoms with Crippen LogP contribution in [0.2, 0.25) is 0 Å². The van der Waals surface area contributed by atoms with Crippen LogP contribution in [0.3, 0.4) is 0 Å². The minimum atomic E-state index is -1.51. The zero-order valence-electron chi connectivity index (χ0n) is 12.0. The second-order valence-electron chi connectivity index (χ2n) is 5.76. The first-order chi connectivity index (χ1) is 11.1. The fraction of sp³-hybridized carbons (Fsp3) is 0.167. The lowest BCUT2D eigenvalue weighted by molar-refractivity contribution is 0.112. The topological polar surface area (TPSA) is 22.0 Å². The van der Waals surface area contributed by atoms with E-state index in [4.69, 9.17) is 0 Å². The molecule has 0 atom stereocenters. The third kappa shape index (κ3) is 2.07. The van der Waals surface area contributed by atoms with Crippen LogP contribution in [0.4, 0.5) is 13.2 Å². The molecule has 0 radical (unpaired) electrons. The molecular weight excluding hydrogens is 303 g/mol. The Bertz CT molecular complexity index is 941. The van der Waals surface area contributed by atoms with Crippen LogP contribution in [0.1, 0.15) is 29.2 Å². The lowest BCUT2D eigenvalue weighted by Crippen LogP contribution is -1.95. The molecule has 5 heteroatoms. The van der Waals surface area contributed by atoms with Crippen LogP contribution in [0.25, 0.3) is 22.0 Å². The highest BCUT2D eigenvalue weighted by Gasteiger charge is 2.27. The standard InChI is InChI=1S/C18H12F3NO/c19-14-7-6-13(17(20)18(14)21)12-2-1-3-15-16(12)10(9-23)8-22(15)11-4-5-11/h1-3,6-9,11H,4-5H2. The maximum absolute atomic E-state index is 14.2. The molecule has 2 nitrogen and oxygen atoms in total. The van der Waals surface area contributed by atoms with Gasteiger partial charge in [-0.2, -0.15) is 0 Å². The molecule has 0 N–H and O–H groups in total. The van der Waals surface area contributed by atoms with Gasteiger partial charge in [0.2, 0.25) is 0 Å². The van der Waals surface area contributed by atoms with Crippen molar-refractivity contribution in [3.05, 3.63) is 59.5 Å². The number of fused-ring (bicyclic) bond motifs is 1. The fourth-order valence-corrected chi connectivity index (χ4v) is 3.05. The van der Waals surface area contributed by atoms with Gasteiger partial charge in [-0.25, -0.2) is 13.2 Å². The van der Waals surface area contributed by atoms with Gasteiger partial charge >= 0.3 is 0 Å². The predicted octanol–water partition coefficient (Wildman–Crippen LogP) is 4.87. The first kappa shape index (κ1) is 14.1. The van der Waals surface area contributed by atoms with Crippen LogP contribution in [0.15, 0.2) is 36.5 Å². The van der Waals surface area contributed by atoms with E-state index in [-0.39, 0.29) is 5.56 Å². The summed E-state index contributed by atoms with van der Waals surface area (Å²) in [5.74, 6) is -3.98. The molecule has 2 aromatic carbocycles. The lowest BCUT2D eigenvalue weighted by Gasteiger charge is -2.08. The van der Waals surface area contributed by atoms with Crippen LogP contribution in [0.5, 0.6) is 0 Å². The number of hydrogen-bond donors (Lipinski definition) is 0. The molecule has 0 bridgehead atoms. The predicted molar refractivity (Wildman–Crippen MR) is 80.9 cm³/mol. The summed E-state index contributed by atoms with van der Waals surface area (Å²) in [5.41, 5.74) is 1.56. The van der Waals surface area contributed by atoms with Crippen molar-refractivity contribution in [3.8, 4) is 11.1 Å². The number of rotatable bonds is 3. The highest BCUT2D eigenvalue weighted by molar-refractivity contribution is 6.06. The molecule has 1 fully saturated rings. The van der Waals surface area contributed by atoms with E-state index < -0.39 is 17.5 Å². The van der Waals surface area contributed by atoms with Gasteiger partial charge < -0.3 is 4.57 Å². The van der Waals surface area contributed by atoms with Gasteiger partial charge in [0.15, 0.2) is 23.7 Å². The Labute approximate surface area is 130 Å². The van der Waals surface area contributed by atoms with Crippen molar-refractivity contribution in [1.29, 1.82) is 0 Å². The second kappa shape index (κ2) is 4.98. The summed E-state index contributed by atoms with van der Waals surface area (Å²) in [6.45, 7) is 0. The Balaban J connectivity index is 2.05. The molecule has 1 aliphatic rings. The van der Waals surface area contributed by atoms with Crippen LogP contribution < -0.4 is 0 Å². The Kier molecular flexibility index (Phi) is 3.04. The number of nitrogens with zero attached hydrogens (tertiary/aromatic N) is 1. The average molecular weight is 315 g/mol.